The first-order valence-corrected chi connectivity index (χ1v) is 12.9. The molecule has 1 heterocycles. The number of carbonyl (C=O) groups excluding carboxylic acids is 1. The average Bonchev–Trinajstić information content (AvgIpc) is 3.39. The Hall–Kier alpha value is -3.72. The van der Waals surface area contributed by atoms with Crippen LogP contribution in [0.3, 0.4) is 0 Å². The number of hydrogen-bond acceptors (Lipinski definition) is 6. The number of rotatable bonds is 9. The van der Waals surface area contributed by atoms with Crippen LogP contribution < -0.4 is 24.4 Å². The van der Waals surface area contributed by atoms with Gasteiger partial charge in [0.05, 0.1) is 26.3 Å². The predicted molar refractivity (Wildman–Crippen MR) is 137 cm³/mol. The number of anilines is 3. The van der Waals surface area contributed by atoms with Gasteiger partial charge >= 0.3 is 0 Å². The van der Waals surface area contributed by atoms with Crippen molar-refractivity contribution in [2.75, 3.05) is 42.2 Å². The van der Waals surface area contributed by atoms with Gasteiger partial charge in [0.25, 0.3) is 10.0 Å². The molecule has 0 bridgehead atoms. The van der Waals surface area contributed by atoms with Gasteiger partial charge in [0.1, 0.15) is 16.4 Å². The molecule has 3 aromatic carbocycles. The molecule has 1 saturated heterocycles. The molecule has 3 aromatic rings. The molecule has 1 amide bonds. The van der Waals surface area contributed by atoms with Gasteiger partial charge in [-0.05, 0) is 61.4 Å². The highest BCUT2D eigenvalue weighted by molar-refractivity contribution is 7.92. The van der Waals surface area contributed by atoms with Crippen LogP contribution in [0, 0.1) is 0 Å². The van der Waals surface area contributed by atoms with E-state index in [9.17, 15) is 13.2 Å². The standard InChI is InChI=1S/C26H29N3O5S/c1-33-22-12-9-20(10-13-22)28-35(31,32)25-18-21(11-14-23(25)29-15-5-6-16-29)27-26(30)17-19-7-3-4-8-24(19)34-2/h3-4,7-14,18,28H,5-6,15-17H2,1-2H3,(H,27,30). The van der Waals surface area contributed by atoms with Gasteiger partial charge < -0.3 is 19.7 Å². The van der Waals surface area contributed by atoms with Crippen LogP contribution in [0.1, 0.15) is 18.4 Å². The van der Waals surface area contributed by atoms with Gasteiger partial charge in [-0.1, -0.05) is 18.2 Å². The first-order valence-electron chi connectivity index (χ1n) is 11.4. The first-order chi connectivity index (χ1) is 16.9. The van der Waals surface area contributed by atoms with E-state index >= 15 is 0 Å². The normalized spacial score (nSPS) is 13.4. The van der Waals surface area contributed by atoms with Gasteiger partial charge in [0.2, 0.25) is 5.91 Å². The molecule has 0 atom stereocenters. The van der Waals surface area contributed by atoms with E-state index in [-0.39, 0.29) is 17.2 Å². The first kappa shape index (κ1) is 24.4. The van der Waals surface area contributed by atoms with E-state index in [0.29, 0.717) is 28.6 Å². The molecule has 184 valence electrons. The second-order valence-corrected chi connectivity index (χ2v) is 9.90. The minimum absolute atomic E-state index is 0.101. The number of benzene rings is 3. The minimum Gasteiger partial charge on any atom is -0.497 e. The zero-order chi connectivity index (χ0) is 24.8. The van der Waals surface area contributed by atoms with Crippen molar-refractivity contribution in [1.29, 1.82) is 0 Å². The van der Waals surface area contributed by atoms with E-state index < -0.39 is 10.0 Å². The summed E-state index contributed by atoms with van der Waals surface area (Å²) in [6, 6.07) is 19.0. The Bertz CT molecular complexity index is 1290. The Balaban J connectivity index is 1.60. The molecule has 8 nitrogen and oxygen atoms in total. The van der Waals surface area contributed by atoms with Crippen LogP contribution in [-0.2, 0) is 21.2 Å². The summed E-state index contributed by atoms with van der Waals surface area (Å²) in [6.45, 7) is 1.56. The number of ether oxygens (including phenoxy) is 2. The molecule has 35 heavy (non-hydrogen) atoms. The molecular formula is C26H29N3O5S. The van der Waals surface area contributed by atoms with Crippen molar-refractivity contribution in [3.8, 4) is 11.5 Å². The molecule has 1 fully saturated rings. The molecule has 4 rings (SSSR count). The summed E-state index contributed by atoms with van der Waals surface area (Å²) in [6.07, 6.45) is 2.11. The lowest BCUT2D eigenvalue weighted by atomic mass is 10.1. The number of sulfonamides is 1. The number of methoxy groups -OCH3 is 2. The van der Waals surface area contributed by atoms with E-state index in [0.717, 1.165) is 31.5 Å². The third-order valence-electron chi connectivity index (χ3n) is 5.87. The number of hydrogen-bond donors (Lipinski definition) is 2. The van der Waals surface area contributed by atoms with Crippen molar-refractivity contribution in [1.82, 2.24) is 0 Å². The largest absolute Gasteiger partial charge is 0.497 e. The highest BCUT2D eigenvalue weighted by Gasteiger charge is 2.25. The zero-order valence-electron chi connectivity index (χ0n) is 19.8. The fourth-order valence-electron chi connectivity index (χ4n) is 4.12. The van der Waals surface area contributed by atoms with Gasteiger partial charge in [-0.3, -0.25) is 9.52 Å². The quantitative estimate of drug-likeness (QED) is 0.460. The number of para-hydroxylation sites is 1. The third-order valence-corrected chi connectivity index (χ3v) is 7.28. The smallest absolute Gasteiger partial charge is 0.264 e. The lowest BCUT2D eigenvalue weighted by Gasteiger charge is -2.22. The van der Waals surface area contributed by atoms with Crippen LogP contribution in [-0.4, -0.2) is 41.6 Å². The maximum atomic E-state index is 13.4. The van der Waals surface area contributed by atoms with Crippen molar-refractivity contribution >= 4 is 33.0 Å². The molecule has 0 aromatic heterocycles. The minimum atomic E-state index is -3.93. The summed E-state index contributed by atoms with van der Waals surface area (Å²) in [4.78, 5) is 14.9. The van der Waals surface area contributed by atoms with E-state index in [2.05, 4.69) is 14.9 Å². The van der Waals surface area contributed by atoms with E-state index in [4.69, 9.17) is 9.47 Å². The predicted octanol–water partition coefficient (Wildman–Crippen LogP) is 4.29. The summed E-state index contributed by atoms with van der Waals surface area (Å²) in [5.74, 6) is 0.985. The monoisotopic (exact) mass is 495 g/mol. The van der Waals surface area contributed by atoms with Crippen molar-refractivity contribution in [2.45, 2.75) is 24.2 Å². The Morgan fingerprint density at radius 2 is 1.60 bits per heavy atom. The molecule has 0 saturated carbocycles. The maximum Gasteiger partial charge on any atom is 0.264 e. The number of nitrogens with zero attached hydrogens (tertiary/aromatic N) is 1. The summed E-state index contributed by atoms with van der Waals surface area (Å²) in [5, 5.41) is 2.83. The average molecular weight is 496 g/mol. The lowest BCUT2D eigenvalue weighted by Crippen LogP contribution is -2.23. The maximum absolute atomic E-state index is 13.4. The molecule has 1 aliphatic rings. The number of carbonyl (C=O) groups is 1. The Morgan fingerprint density at radius 1 is 0.914 bits per heavy atom. The Labute approximate surface area is 205 Å². The van der Waals surface area contributed by atoms with Crippen LogP contribution in [0.15, 0.2) is 71.6 Å². The van der Waals surface area contributed by atoms with Gasteiger partial charge in [0.15, 0.2) is 0 Å². The van der Waals surface area contributed by atoms with Crippen LogP contribution in [0.5, 0.6) is 11.5 Å². The topological polar surface area (TPSA) is 97.0 Å². The summed E-state index contributed by atoms with van der Waals surface area (Å²) < 4.78 is 40.0. The fourth-order valence-corrected chi connectivity index (χ4v) is 5.43. The molecule has 0 radical (unpaired) electrons. The highest BCUT2D eigenvalue weighted by atomic mass is 32.2. The van der Waals surface area contributed by atoms with Crippen molar-refractivity contribution in [3.63, 3.8) is 0 Å². The van der Waals surface area contributed by atoms with Gasteiger partial charge in [0, 0.05) is 30.0 Å². The Morgan fingerprint density at radius 3 is 2.29 bits per heavy atom. The zero-order valence-corrected chi connectivity index (χ0v) is 20.6. The van der Waals surface area contributed by atoms with Crippen LogP contribution in [0.4, 0.5) is 17.1 Å². The molecule has 2 N–H and O–H groups in total. The summed E-state index contributed by atoms with van der Waals surface area (Å²) in [7, 11) is -0.826. The summed E-state index contributed by atoms with van der Waals surface area (Å²) in [5.41, 5.74) is 2.19. The molecule has 0 spiro atoms. The molecule has 0 aliphatic carbocycles. The second kappa shape index (κ2) is 10.7. The molecule has 1 aliphatic heterocycles. The lowest BCUT2D eigenvalue weighted by molar-refractivity contribution is -0.115. The fraction of sp³-hybridized carbons (Fsp3) is 0.269. The SMILES string of the molecule is COc1ccc(NS(=O)(=O)c2cc(NC(=O)Cc3ccccc3OC)ccc2N2CCCC2)cc1. The van der Waals surface area contributed by atoms with Crippen LogP contribution in [0.2, 0.25) is 0 Å². The second-order valence-electron chi connectivity index (χ2n) is 8.25. The van der Waals surface area contributed by atoms with Crippen LogP contribution >= 0.6 is 0 Å². The molecule has 9 heteroatoms. The Kier molecular flexibility index (Phi) is 7.45. The highest BCUT2D eigenvalue weighted by Crippen LogP contribution is 2.32. The van der Waals surface area contributed by atoms with Gasteiger partial charge in [-0.25, -0.2) is 8.42 Å². The molecule has 0 unspecified atom stereocenters. The van der Waals surface area contributed by atoms with Gasteiger partial charge in [-0.2, -0.15) is 0 Å². The number of amides is 1. The van der Waals surface area contributed by atoms with Gasteiger partial charge in [-0.15, -0.1) is 0 Å². The molecular weight excluding hydrogens is 466 g/mol. The van der Waals surface area contributed by atoms with E-state index in [1.165, 1.54) is 6.07 Å². The van der Waals surface area contributed by atoms with E-state index in [1.807, 2.05) is 18.2 Å². The van der Waals surface area contributed by atoms with Crippen molar-refractivity contribution in [2.24, 2.45) is 0 Å². The van der Waals surface area contributed by atoms with Crippen LogP contribution in [0.25, 0.3) is 0 Å². The summed E-state index contributed by atoms with van der Waals surface area (Å²) >= 11 is 0. The van der Waals surface area contributed by atoms with E-state index in [1.54, 1.807) is 56.7 Å². The van der Waals surface area contributed by atoms with Crippen molar-refractivity contribution in [3.05, 3.63) is 72.3 Å². The van der Waals surface area contributed by atoms with Crippen molar-refractivity contribution < 1.29 is 22.7 Å². The number of nitrogens with one attached hydrogen (secondary N) is 2. The third kappa shape index (κ3) is 5.86.